The predicted molar refractivity (Wildman–Crippen MR) is 121 cm³/mol. The van der Waals surface area contributed by atoms with Gasteiger partial charge >= 0.3 is 0 Å². The molecule has 164 valence electrons. The number of imidazole rings is 1. The first kappa shape index (κ1) is 20.3. The highest BCUT2D eigenvalue weighted by Crippen LogP contribution is 2.29. The molecule has 0 amide bonds. The molecule has 3 aromatic heterocycles. The van der Waals surface area contributed by atoms with Crippen LogP contribution >= 0.6 is 0 Å². The maximum atomic E-state index is 11.5. The van der Waals surface area contributed by atoms with Crippen LogP contribution in [0.1, 0.15) is 25.6 Å². The van der Waals surface area contributed by atoms with E-state index in [1.54, 1.807) is 4.68 Å². The normalized spacial score (nSPS) is 15.2. The van der Waals surface area contributed by atoms with Crippen molar-refractivity contribution in [1.82, 2.24) is 29.3 Å². The number of benzene rings is 1. The van der Waals surface area contributed by atoms with Gasteiger partial charge in [-0.3, -0.25) is 0 Å². The van der Waals surface area contributed by atoms with Gasteiger partial charge in [-0.2, -0.15) is 15.1 Å². The fourth-order valence-corrected chi connectivity index (χ4v) is 4.02. The van der Waals surface area contributed by atoms with Gasteiger partial charge in [0.05, 0.1) is 25.3 Å². The molecule has 1 aliphatic rings. The quantitative estimate of drug-likeness (QED) is 0.434. The maximum absolute atomic E-state index is 11.5. The van der Waals surface area contributed by atoms with Crippen LogP contribution in [0.25, 0.3) is 28.2 Å². The molecule has 0 saturated carbocycles. The van der Waals surface area contributed by atoms with Gasteiger partial charge in [-0.15, -0.1) is 0 Å². The number of hydrogen-bond donors (Lipinski definition) is 0. The summed E-state index contributed by atoms with van der Waals surface area (Å²) in [6.07, 6.45) is 4.66. The van der Waals surface area contributed by atoms with Crippen LogP contribution < -0.4 is 4.90 Å². The molecule has 0 spiro atoms. The highest BCUT2D eigenvalue weighted by molar-refractivity contribution is 5.85. The van der Waals surface area contributed by atoms with Crippen molar-refractivity contribution < 1.29 is 9.53 Å². The number of nitrogens with zero attached hydrogens (tertiary/aromatic N) is 7. The summed E-state index contributed by atoms with van der Waals surface area (Å²) >= 11 is 0. The van der Waals surface area contributed by atoms with Gasteiger partial charge < -0.3 is 19.0 Å². The lowest BCUT2D eigenvalue weighted by molar-refractivity contribution is -0.108. The van der Waals surface area contributed by atoms with Crippen LogP contribution in [-0.4, -0.2) is 61.9 Å². The number of aldehydes is 1. The molecule has 0 aliphatic carbocycles. The first-order valence-corrected chi connectivity index (χ1v) is 10.9. The molecule has 0 radical (unpaired) electrons. The number of aryl methyl sites for hydroxylation is 1. The molecule has 1 aliphatic heterocycles. The number of fused-ring (bicyclic) bond motifs is 1. The van der Waals surface area contributed by atoms with E-state index in [4.69, 9.17) is 19.7 Å². The second-order valence-electron chi connectivity index (χ2n) is 7.80. The molecule has 32 heavy (non-hydrogen) atoms. The van der Waals surface area contributed by atoms with Gasteiger partial charge in [0, 0.05) is 31.4 Å². The van der Waals surface area contributed by atoms with Crippen LogP contribution in [0, 0.1) is 0 Å². The standard InChI is InChI=1S/C23H25N7O2/c1-3-29-20(16(2)15-31)25-19-21(28-9-11-32-12-10-28)26-23(27-22(19)29)30-14-18(13-24-30)17-7-5-4-6-8-17/h4-8,13-16H,3,9-12H2,1-2H3. The Kier molecular flexibility index (Phi) is 5.40. The Bertz CT molecular complexity index is 1240. The molecule has 1 saturated heterocycles. The van der Waals surface area contributed by atoms with Crippen molar-refractivity contribution in [2.75, 3.05) is 31.2 Å². The molecule has 0 N–H and O–H groups in total. The van der Waals surface area contributed by atoms with Crippen molar-refractivity contribution in [2.45, 2.75) is 26.3 Å². The lowest BCUT2D eigenvalue weighted by atomic mass is 10.1. The van der Waals surface area contributed by atoms with E-state index < -0.39 is 0 Å². The van der Waals surface area contributed by atoms with E-state index in [0.29, 0.717) is 42.7 Å². The van der Waals surface area contributed by atoms with Crippen molar-refractivity contribution in [3.8, 4) is 17.1 Å². The van der Waals surface area contributed by atoms with Gasteiger partial charge in [0.1, 0.15) is 12.1 Å². The largest absolute Gasteiger partial charge is 0.378 e. The van der Waals surface area contributed by atoms with Crippen molar-refractivity contribution in [3.63, 3.8) is 0 Å². The molecule has 0 bridgehead atoms. The predicted octanol–water partition coefficient (Wildman–Crippen LogP) is 2.84. The molecular formula is C23H25N7O2. The minimum Gasteiger partial charge on any atom is -0.378 e. The zero-order valence-corrected chi connectivity index (χ0v) is 18.2. The van der Waals surface area contributed by atoms with Crippen molar-refractivity contribution >= 4 is 23.3 Å². The number of carbonyl (C=O) groups is 1. The van der Waals surface area contributed by atoms with Crippen molar-refractivity contribution in [2.24, 2.45) is 0 Å². The van der Waals surface area contributed by atoms with Gasteiger partial charge in [-0.1, -0.05) is 30.3 Å². The minimum atomic E-state index is -0.334. The van der Waals surface area contributed by atoms with Crippen molar-refractivity contribution in [1.29, 1.82) is 0 Å². The third-order valence-electron chi connectivity index (χ3n) is 5.73. The van der Waals surface area contributed by atoms with Crippen molar-refractivity contribution in [3.05, 3.63) is 48.5 Å². The first-order chi connectivity index (χ1) is 15.7. The van der Waals surface area contributed by atoms with Gasteiger partial charge in [0.15, 0.2) is 17.0 Å². The van der Waals surface area contributed by atoms with Crippen LogP contribution in [0.4, 0.5) is 5.82 Å². The molecular weight excluding hydrogens is 406 g/mol. The summed E-state index contributed by atoms with van der Waals surface area (Å²) in [5.41, 5.74) is 3.48. The van der Waals surface area contributed by atoms with Gasteiger partial charge in [0.2, 0.25) is 0 Å². The van der Waals surface area contributed by atoms with E-state index in [9.17, 15) is 4.79 Å². The molecule has 5 rings (SSSR count). The summed E-state index contributed by atoms with van der Waals surface area (Å²) in [4.78, 5) is 28.2. The second kappa shape index (κ2) is 8.51. The van der Waals surface area contributed by atoms with Gasteiger partial charge in [-0.05, 0) is 19.4 Å². The molecule has 1 aromatic carbocycles. The number of morpholine rings is 1. The summed E-state index contributed by atoms with van der Waals surface area (Å²) in [7, 11) is 0. The Balaban J connectivity index is 1.68. The third-order valence-corrected chi connectivity index (χ3v) is 5.73. The third kappa shape index (κ3) is 3.54. The molecule has 1 atom stereocenters. The highest BCUT2D eigenvalue weighted by Gasteiger charge is 2.25. The number of ether oxygens (including phenoxy) is 1. The number of anilines is 1. The Morgan fingerprint density at radius 1 is 1.09 bits per heavy atom. The maximum Gasteiger partial charge on any atom is 0.254 e. The minimum absolute atomic E-state index is 0.334. The SMILES string of the molecule is CCn1c(C(C)C=O)nc2c(N3CCOCC3)nc(-n3cc(-c4ccccc4)cn3)nc21. The first-order valence-electron chi connectivity index (χ1n) is 10.9. The summed E-state index contributed by atoms with van der Waals surface area (Å²) in [6.45, 7) is 7.23. The molecule has 4 heterocycles. The molecule has 9 nitrogen and oxygen atoms in total. The average molecular weight is 432 g/mol. The van der Waals surface area contributed by atoms with Gasteiger partial charge in [-0.25, -0.2) is 9.67 Å². The summed E-state index contributed by atoms with van der Waals surface area (Å²) in [6, 6.07) is 10.1. The van der Waals surface area contributed by atoms with E-state index in [1.807, 2.05) is 61.1 Å². The lowest BCUT2D eigenvalue weighted by Gasteiger charge is -2.28. The van der Waals surface area contributed by atoms with E-state index >= 15 is 0 Å². The van der Waals surface area contributed by atoms with Crippen LogP contribution in [0.5, 0.6) is 0 Å². The molecule has 1 unspecified atom stereocenters. The number of aromatic nitrogens is 6. The summed E-state index contributed by atoms with van der Waals surface area (Å²) < 4.78 is 9.22. The average Bonchev–Trinajstić information content (AvgIpc) is 3.49. The summed E-state index contributed by atoms with van der Waals surface area (Å²) in [5.74, 6) is 1.58. The monoisotopic (exact) mass is 431 g/mol. The number of rotatable bonds is 6. The fourth-order valence-electron chi connectivity index (χ4n) is 4.02. The number of hydrogen-bond acceptors (Lipinski definition) is 7. The zero-order valence-electron chi connectivity index (χ0n) is 18.2. The van der Waals surface area contributed by atoms with Crippen LogP contribution in [0.3, 0.4) is 0 Å². The number of carbonyl (C=O) groups excluding carboxylic acids is 1. The van der Waals surface area contributed by atoms with E-state index in [2.05, 4.69) is 10.00 Å². The van der Waals surface area contributed by atoms with E-state index in [1.165, 1.54) is 0 Å². The van der Waals surface area contributed by atoms with Crippen LogP contribution in [0.2, 0.25) is 0 Å². The second-order valence-corrected chi connectivity index (χ2v) is 7.80. The van der Waals surface area contributed by atoms with E-state index in [-0.39, 0.29) is 5.92 Å². The molecule has 4 aromatic rings. The Morgan fingerprint density at radius 3 is 2.59 bits per heavy atom. The Labute approximate surface area is 185 Å². The topological polar surface area (TPSA) is 91.0 Å². The zero-order chi connectivity index (χ0) is 22.1. The molecule has 1 fully saturated rings. The fraction of sp³-hybridized carbons (Fsp3) is 0.348. The summed E-state index contributed by atoms with van der Waals surface area (Å²) in [5, 5.41) is 4.53. The smallest absolute Gasteiger partial charge is 0.254 e. The lowest BCUT2D eigenvalue weighted by Crippen LogP contribution is -2.37. The highest BCUT2D eigenvalue weighted by atomic mass is 16.5. The molecule has 9 heteroatoms. The van der Waals surface area contributed by atoms with Gasteiger partial charge in [0.25, 0.3) is 5.95 Å². The Hall–Kier alpha value is -3.59. The van der Waals surface area contributed by atoms with Crippen LogP contribution in [-0.2, 0) is 16.1 Å². The van der Waals surface area contributed by atoms with Crippen LogP contribution in [0.15, 0.2) is 42.7 Å². The Morgan fingerprint density at radius 2 is 1.88 bits per heavy atom. The van der Waals surface area contributed by atoms with E-state index in [0.717, 1.165) is 36.3 Å².